The van der Waals surface area contributed by atoms with Gasteiger partial charge < -0.3 is 15.0 Å². The Bertz CT molecular complexity index is 1120. The third-order valence-electron chi connectivity index (χ3n) is 5.72. The monoisotopic (exact) mass is 478 g/mol. The van der Waals surface area contributed by atoms with Crippen molar-refractivity contribution in [3.8, 4) is 5.75 Å². The Morgan fingerprint density at radius 2 is 1.68 bits per heavy atom. The fourth-order valence-corrected chi connectivity index (χ4v) is 3.87. The number of amides is 2. The number of hydrogen-bond acceptors (Lipinski definition) is 3. The summed E-state index contributed by atoms with van der Waals surface area (Å²) >= 11 is 6.11. The van der Waals surface area contributed by atoms with Gasteiger partial charge in [-0.2, -0.15) is 0 Å². The number of aryl methyl sites for hydroxylation is 2. The second-order valence-electron chi connectivity index (χ2n) is 8.25. The van der Waals surface area contributed by atoms with Gasteiger partial charge in [0.05, 0.1) is 0 Å². The molecule has 0 aromatic heterocycles. The topological polar surface area (TPSA) is 58.6 Å². The van der Waals surface area contributed by atoms with Crippen LogP contribution in [0.4, 0.5) is 0 Å². The van der Waals surface area contributed by atoms with Crippen LogP contribution < -0.4 is 10.1 Å². The first-order valence-electron chi connectivity index (χ1n) is 11.4. The van der Waals surface area contributed by atoms with Gasteiger partial charge in [0, 0.05) is 24.5 Å². The van der Waals surface area contributed by atoms with Crippen LogP contribution in [0.5, 0.6) is 5.75 Å². The molecule has 3 aromatic carbocycles. The normalized spacial score (nSPS) is 11.5. The second-order valence-corrected chi connectivity index (χ2v) is 8.66. The Hall–Kier alpha value is -3.31. The number of likely N-dealkylation sites (N-methyl/N-ethyl adjacent to an activating group) is 1. The average Bonchev–Trinajstić information content (AvgIpc) is 2.83. The number of benzene rings is 3. The maximum atomic E-state index is 13.5. The van der Waals surface area contributed by atoms with E-state index in [9.17, 15) is 9.59 Å². The molecule has 0 saturated heterocycles. The summed E-state index contributed by atoms with van der Waals surface area (Å²) in [7, 11) is 0. The highest BCUT2D eigenvalue weighted by atomic mass is 35.5. The van der Waals surface area contributed by atoms with Gasteiger partial charge in [0.25, 0.3) is 5.91 Å². The molecule has 0 unspecified atom stereocenters. The van der Waals surface area contributed by atoms with Crippen LogP contribution >= 0.6 is 11.6 Å². The minimum Gasteiger partial charge on any atom is -0.484 e. The van der Waals surface area contributed by atoms with Crippen LogP contribution in [0.2, 0.25) is 5.02 Å². The molecule has 0 heterocycles. The number of halogens is 1. The molecule has 6 heteroatoms. The van der Waals surface area contributed by atoms with Gasteiger partial charge in [-0.05, 0) is 61.2 Å². The molecule has 2 amide bonds. The zero-order chi connectivity index (χ0) is 24.5. The van der Waals surface area contributed by atoms with Crippen LogP contribution in [0.25, 0.3) is 0 Å². The van der Waals surface area contributed by atoms with Crippen molar-refractivity contribution in [1.82, 2.24) is 10.2 Å². The number of carbonyl (C=O) groups is 2. The molecule has 0 fully saturated rings. The first kappa shape index (κ1) is 25.3. The number of hydrogen-bond donors (Lipinski definition) is 1. The van der Waals surface area contributed by atoms with Crippen LogP contribution in [0.3, 0.4) is 0 Å². The first-order chi connectivity index (χ1) is 16.4. The summed E-state index contributed by atoms with van der Waals surface area (Å²) in [6.45, 7) is 6.37. The predicted molar refractivity (Wildman–Crippen MR) is 136 cm³/mol. The summed E-state index contributed by atoms with van der Waals surface area (Å²) in [4.78, 5) is 28.3. The molecule has 0 bridgehead atoms. The summed E-state index contributed by atoms with van der Waals surface area (Å²) in [6, 6.07) is 22.2. The van der Waals surface area contributed by atoms with E-state index in [1.807, 2.05) is 75.4 Å². The van der Waals surface area contributed by atoms with Crippen molar-refractivity contribution < 1.29 is 14.3 Å². The molecule has 0 saturated carbocycles. The van der Waals surface area contributed by atoms with Gasteiger partial charge in [0.15, 0.2) is 6.61 Å². The number of carbonyl (C=O) groups excluding carboxylic acids is 2. The van der Waals surface area contributed by atoms with Crippen molar-refractivity contribution in [3.05, 3.63) is 100 Å². The van der Waals surface area contributed by atoms with Gasteiger partial charge in [0.1, 0.15) is 11.8 Å². The molecule has 1 N–H and O–H groups in total. The van der Waals surface area contributed by atoms with E-state index < -0.39 is 6.04 Å². The summed E-state index contributed by atoms with van der Waals surface area (Å²) in [6.07, 6.45) is 0.407. The minimum atomic E-state index is -0.676. The van der Waals surface area contributed by atoms with Gasteiger partial charge in [-0.1, -0.05) is 66.2 Å². The van der Waals surface area contributed by atoms with Gasteiger partial charge >= 0.3 is 0 Å². The molecule has 3 rings (SSSR count). The standard InChI is InChI=1S/C28H31ClN2O3/c1-4-30-28(33)26(17-22-11-6-5-7-12-22)31(18-23-13-9-8-10-20(23)2)27(32)19-34-24-14-15-25(29)21(3)16-24/h5-16,26H,4,17-19H2,1-3H3,(H,30,33)/t26-/m1/s1. The fraction of sp³-hybridized carbons (Fsp3) is 0.286. The van der Waals surface area contributed by atoms with Crippen molar-refractivity contribution >= 4 is 23.4 Å². The predicted octanol–water partition coefficient (Wildman–Crippen LogP) is 5.11. The second kappa shape index (κ2) is 12.2. The van der Waals surface area contributed by atoms with Crippen LogP contribution in [0.15, 0.2) is 72.8 Å². The molecular formula is C28H31ClN2O3. The van der Waals surface area contributed by atoms with E-state index in [1.54, 1.807) is 23.1 Å². The Morgan fingerprint density at radius 3 is 2.35 bits per heavy atom. The van der Waals surface area contributed by atoms with Gasteiger partial charge in [0.2, 0.25) is 5.91 Å². The van der Waals surface area contributed by atoms with E-state index in [0.717, 1.165) is 22.3 Å². The maximum absolute atomic E-state index is 13.5. The van der Waals surface area contributed by atoms with Crippen LogP contribution in [-0.4, -0.2) is 35.9 Å². The molecule has 3 aromatic rings. The zero-order valence-corrected chi connectivity index (χ0v) is 20.6. The molecule has 0 spiro atoms. The van der Waals surface area contributed by atoms with E-state index in [-0.39, 0.29) is 18.4 Å². The molecular weight excluding hydrogens is 448 g/mol. The van der Waals surface area contributed by atoms with E-state index in [0.29, 0.717) is 30.3 Å². The third kappa shape index (κ3) is 6.84. The Labute approximate surface area is 206 Å². The van der Waals surface area contributed by atoms with Crippen molar-refractivity contribution in [3.63, 3.8) is 0 Å². The van der Waals surface area contributed by atoms with Gasteiger partial charge in [-0.25, -0.2) is 0 Å². The highest BCUT2D eigenvalue weighted by Crippen LogP contribution is 2.22. The zero-order valence-electron chi connectivity index (χ0n) is 19.9. The third-order valence-corrected chi connectivity index (χ3v) is 6.14. The molecule has 0 radical (unpaired) electrons. The van der Waals surface area contributed by atoms with E-state index >= 15 is 0 Å². The van der Waals surface area contributed by atoms with E-state index in [1.165, 1.54) is 0 Å². The summed E-state index contributed by atoms with van der Waals surface area (Å²) in [5.41, 5.74) is 3.90. The average molecular weight is 479 g/mol. The number of nitrogens with one attached hydrogen (secondary N) is 1. The number of rotatable bonds is 10. The molecule has 0 aliphatic carbocycles. The highest BCUT2D eigenvalue weighted by Gasteiger charge is 2.30. The maximum Gasteiger partial charge on any atom is 0.261 e. The molecule has 178 valence electrons. The molecule has 34 heavy (non-hydrogen) atoms. The summed E-state index contributed by atoms with van der Waals surface area (Å²) in [5, 5.41) is 3.54. The number of nitrogens with zero attached hydrogens (tertiary/aromatic N) is 1. The first-order valence-corrected chi connectivity index (χ1v) is 11.8. The van der Waals surface area contributed by atoms with E-state index in [4.69, 9.17) is 16.3 Å². The number of ether oxygens (including phenoxy) is 1. The summed E-state index contributed by atoms with van der Waals surface area (Å²) in [5.74, 6) is 0.113. The smallest absolute Gasteiger partial charge is 0.261 e. The Kier molecular flexibility index (Phi) is 9.11. The quantitative estimate of drug-likeness (QED) is 0.440. The molecule has 0 aliphatic rings. The lowest BCUT2D eigenvalue weighted by Gasteiger charge is -2.31. The van der Waals surface area contributed by atoms with Crippen LogP contribution in [0.1, 0.15) is 29.2 Å². The Balaban J connectivity index is 1.90. The molecule has 1 atom stereocenters. The Morgan fingerprint density at radius 1 is 0.971 bits per heavy atom. The van der Waals surface area contributed by atoms with Crippen molar-refractivity contribution in [1.29, 1.82) is 0 Å². The SMILES string of the molecule is CCNC(=O)[C@@H](Cc1ccccc1)N(Cc1ccccc1C)C(=O)COc1ccc(Cl)c(C)c1. The lowest BCUT2D eigenvalue weighted by Crippen LogP contribution is -2.51. The summed E-state index contributed by atoms with van der Waals surface area (Å²) < 4.78 is 5.81. The van der Waals surface area contributed by atoms with E-state index in [2.05, 4.69) is 5.32 Å². The fourth-order valence-electron chi connectivity index (χ4n) is 3.75. The van der Waals surface area contributed by atoms with Crippen molar-refractivity contribution in [2.24, 2.45) is 0 Å². The largest absolute Gasteiger partial charge is 0.484 e. The molecule has 0 aliphatic heterocycles. The molecule has 5 nitrogen and oxygen atoms in total. The minimum absolute atomic E-state index is 0.183. The van der Waals surface area contributed by atoms with Crippen LogP contribution in [0, 0.1) is 13.8 Å². The lowest BCUT2D eigenvalue weighted by atomic mass is 10.0. The highest BCUT2D eigenvalue weighted by molar-refractivity contribution is 6.31. The van der Waals surface area contributed by atoms with Crippen LogP contribution in [-0.2, 0) is 22.6 Å². The van der Waals surface area contributed by atoms with Crippen molar-refractivity contribution in [2.75, 3.05) is 13.2 Å². The van der Waals surface area contributed by atoms with Gasteiger partial charge in [-0.3, -0.25) is 9.59 Å². The van der Waals surface area contributed by atoms with Crippen molar-refractivity contribution in [2.45, 2.75) is 39.8 Å². The van der Waals surface area contributed by atoms with Gasteiger partial charge in [-0.15, -0.1) is 0 Å². The lowest BCUT2D eigenvalue weighted by molar-refractivity contribution is -0.142.